The van der Waals surface area contributed by atoms with Gasteiger partial charge in [-0.25, -0.2) is 0 Å². The minimum atomic E-state index is 0.237. The van der Waals surface area contributed by atoms with Crippen molar-refractivity contribution in [3.63, 3.8) is 0 Å². The Labute approximate surface area is 107 Å². The topological polar surface area (TPSA) is 17.1 Å². The average Bonchev–Trinajstić information content (AvgIpc) is 2.65. The lowest BCUT2D eigenvalue weighted by Gasteiger charge is -2.12. The Balaban J connectivity index is 2.49. The lowest BCUT2D eigenvalue weighted by atomic mass is 9.93. The number of hydrogen-bond donors (Lipinski definition) is 0. The van der Waals surface area contributed by atoms with Crippen LogP contribution < -0.4 is 0 Å². The van der Waals surface area contributed by atoms with Crippen LogP contribution in [0.25, 0.3) is 0 Å². The molecule has 3 heteroatoms. The number of Topliss-reactive ketones (excluding diaryl/α,β-unsaturated/α-hetero) is 1. The van der Waals surface area contributed by atoms with E-state index >= 15 is 0 Å². The van der Waals surface area contributed by atoms with E-state index in [-0.39, 0.29) is 5.92 Å². The highest BCUT2D eigenvalue weighted by molar-refractivity contribution is 7.16. The number of ketones is 1. The normalized spacial score (nSPS) is 12.7. The molecule has 0 aromatic carbocycles. The zero-order chi connectivity index (χ0) is 12.0. The molecule has 1 aromatic rings. The Morgan fingerprint density at radius 2 is 2.19 bits per heavy atom. The fourth-order valence-electron chi connectivity index (χ4n) is 1.81. The summed E-state index contributed by atoms with van der Waals surface area (Å²) in [4.78, 5) is 13.1. The molecule has 0 N–H and O–H groups in total. The zero-order valence-corrected chi connectivity index (χ0v) is 11.5. The predicted octanol–water partition coefficient (Wildman–Crippen LogP) is 4.73. The summed E-state index contributed by atoms with van der Waals surface area (Å²) in [6, 6.07) is 3.82. The van der Waals surface area contributed by atoms with Gasteiger partial charge in [0.2, 0.25) is 0 Å². The quantitative estimate of drug-likeness (QED) is 0.691. The Morgan fingerprint density at radius 3 is 2.69 bits per heavy atom. The van der Waals surface area contributed by atoms with E-state index in [0.717, 1.165) is 34.9 Å². The summed E-state index contributed by atoms with van der Waals surface area (Å²) in [5, 5.41) is 0. The van der Waals surface area contributed by atoms with E-state index in [9.17, 15) is 4.79 Å². The molecule has 16 heavy (non-hydrogen) atoms. The van der Waals surface area contributed by atoms with Crippen LogP contribution in [0.2, 0.25) is 4.34 Å². The van der Waals surface area contributed by atoms with Gasteiger partial charge in [-0.2, -0.15) is 0 Å². The maximum Gasteiger partial charge on any atom is 0.141 e. The van der Waals surface area contributed by atoms with Gasteiger partial charge in [-0.05, 0) is 25.0 Å². The number of carbonyl (C=O) groups is 1. The van der Waals surface area contributed by atoms with Crippen molar-refractivity contribution < 1.29 is 4.79 Å². The summed E-state index contributed by atoms with van der Waals surface area (Å²) in [5.74, 6) is 0.607. The van der Waals surface area contributed by atoms with Crippen molar-refractivity contribution in [1.29, 1.82) is 0 Å². The van der Waals surface area contributed by atoms with E-state index in [1.807, 2.05) is 12.1 Å². The van der Waals surface area contributed by atoms with Crippen LogP contribution in [-0.4, -0.2) is 5.78 Å². The van der Waals surface area contributed by atoms with Crippen molar-refractivity contribution in [3.05, 3.63) is 21.3 Å². The highest BCUT2D eigenvalue weighted by atomic mass is 35.5. The largest absolute Gasteiger partial charge is 0.299 e. The lowest BCUT2D eigenvalue weighted by Crippen LogP contribution is -2.15. The van der Waals surface area contributed by atoms with Gasteiger partial charge in [0, 0.05) is 17.2 Å². The van der Waals surface area contributed by atoms with Crippen molar-refractivity contribution in [1.82, 2.24) is 0 Å². The van der Waals surface area contributed by atoms with E-state index in [1.54, 1.807) is 0 Å². The Bertz CT molecular complexity index is 332. The SMILES string of the molecule is CCCCC(CC)C(=O)Cc1ccc(Cl)s1. The van der Waals surface area contributed by atoms with Crippen molar-refractivity contribution in [2.45, 2.75) is 46.0 Å². The first kappa shape index (κ1) is 13.7. The molecule has 0 radical (unpaired) electrons. The molecule has 1 heterocycles. The Hall–Kier alpha value is -0.340. The fraction of sp³-hybridized carbons (Fsp3) is 0.615. The van der Waals surface area contributed by atoms with Gasteiger partial charge in [0.05, 0.1) is 4.34 Å². The molecule has 1 atom stereocenters. The van der Waals surface area contributed by atoms with Gasteiger partial charge < -0.3 is 0 Å². The average molecular weight is 259 g/mol. The van der Waals surface area contributed by atoms with Crippen molar-refractivity contribution in [3.8, 4) is 0 Å². The molecule has 1 aromatic heterocycles. The molecule has 1 rings (SSSR count). The molecule has 0 aliphatic heterocycles. The molecule has 1 nitrogen and oxygen atoms in total. The summed E-state index contributed by atoms with van der Waals surface area (Å²) in [7, 11) is 0. The summed E-state index contributed by atoms with van der Waals surface area (Å²) < 4.78 is 0.768. The number of rotatable bonds is 7. The molecule has 0 fully saturated rings. The van der Waals surface area contributed by atoms with Crippen LogP contribution in [0.15, 0.2) is 12.1 Å². The highest BCUT2D eigenvalue weighted by Crippen LogP contribution is 2.24. The minimum absolute atomic E-state index is 0.237. The van der Waals surface area contributed by atoms with Crippen LogP contribution in [0.5, 0.6) is 0 Å². The molecule has 0 aliphatic rings. The van der Waals surface area contributed by atoms with Crippen LogP contribution in [0.4, 0.5) is 0 Å². The van der Waals surface area contributed by atoms with Gasteiger partial charge in [0.25, 0.3) is 0 Å². The van der Waals surface area contributed by atoms with Gasteiger partial charge in [0.15, 0.2) is 0 Å². The van der Waals surface area contributed by atoms with Crippen molar-refractivity contribution >= 4 is 28.7 Å². The van der Waals surface area contributed by atoms with Gasteiger partial charge in [-0.15, -0.1) is 11.3 Å². The summed E-state index contributed by atoms with van der Waals surface area (Å²) in [5.41, 5.74) is 0. The first-order valence-electron chi connectivity index (χ1n) is 5.94. The lowest BCUT2D eigenvalue weighted by molar-refractivity contribution is -0.122. The zero-order valence-electron chi connectivity index (χ0n) is 9.96. The van der Waals surface area contributed by atoms with Gasteiger partial charge in [-0.3, -0.25) is 4.79 Å². The van der Waals surface area contributed by atoms with E-state index in [2.05, 4.69) is 13.8 Å². The van der Waals surface area contributed by atoms with Gasteiger partial charge in [0.1, 0.15) is 5.78 Å². The second-order valence-electron chi connectivity index (χ2n) is 4.10. The van der Waals surface area contributed by atoms with E-state index < -0.39 is 0 Å². The third kappa shape index (κ3) is 4.26. The molecular weight excluding hydrogens is 240 g/mol. The van der Waals surface area contributed by atoms with E-state index in [1.165, 1.54) is 11.3 Å². The molecule has 0 aliphatic carbocycles. The van der Waals surface area contributed by atoms with Crippen molar-refractivity contribution in [2.75, 3.05) is 0 Å². The first-order valence-corrected chi connectivity index (χ1v) is 7.13. The van der Waals surface area contributed by atoms with Crippen LogP contribution in [-0.2, 0) is 11.2 Å². The smallest absolute Gasteiger partial charge is 0.141 e. The number of carbonyl (C=O) groups excluding carboxylic acids is 1. The summed E-state index contributed by atoms with van der Waals surface area (Å²) in [6.07, 6.45) is 4.85. The van der Waals surface area contributed by atoms with Gasteiger partial charge >= 0.3 is 0 Å². The van der Waals surface area contributed by atoms with Gasteiger partial charge in [-0.1, -0.05) is 38.3 Å². The van der Waals surface area contributed by atoms with Crippen LogP contribution in [0, 0.1) is 5.92 Å². The maximum absolute atomic E-state index is 12.0. The molecule has 0 amide bonds. The van der Waals surface area contributed by atoms with Crippen LogP contribution >= 0.6 is 22.9 Å². The molecule has 0 saturated carbocycles. The molecule has 0 spiro atoms. The second-order valence-corrected chi connectivity index (χ2v) is 5.90. The predicted molar refractivity (Wildman–Crippen MR) is 71.3 cm³/mol. The van der Waals surface area contributed by atoms with E-state index in [0.29, 0.717) is 12.2 Å². The summed E-state index contributed by atoms with van der Waals surface area (Å²) >= 11 is 7.36. The standard InChI is InChI=1S/C13H19ClOS/c1-3-5-6-10(4-2)12(15)9-11-7-8-13(14)16-11/h7-8,10H,3-6,9H2,1-2H3. The second kappa shape index (κ2) is 7.08. The van der Waals surface area contributed by atoms with Crippen molar-refractivity contribution in [2.24, 2.45) is 5.92 Å². The summed E-state index contributed by atoms with van der Waals surface area (Å²) in [6.45, 7) is 4.26. The Morgan fingerprint density at radius 1 is 1.44 bits per heavy atom. The number of unbranched alkanes of at least 4 members (excludes halogenated alkanes) is 1. The maximum atomic E-state index is 12.0. The number of halogens is 1. The third-order valence-corrected chi connectivity index (χ3v) is 4.06. The monoisotopic (exact) mass is 258 g/mol. The Kier molecular flexibility index (Phi) is 6.07. The number of thiophene rings is 1. The highest BCUT2D eigenvalue weighted by Gasteiger charge is 2.16. The number of hydrogen-bond acceptors (Lipinski definition) is 2. The minimum Gasteiger partial charge on any atom is -0.299 e. The molecule has 1 unspecified atom stereocenters. The molecule has 90 valence electrons. The molecule has 0 saturated heterocycles. The fourth-order valence-corrected chi connectivity index (χ4v) is 2.90. The third-order valence-electron chi connectivity index (χ3n) is 2.83. The molecule has 0 bridgehead atoms. The van der Waals surface area contributed by atoms with Crippen LogP contribution in [0.3, 0.4) is 0 Å². The molecular formula is C13H19ClOS. The first-order chi connectivity index (χ1) is 7.67. The van der Waals surface area contributed by atoms with Crippen LogP contribution in [0.1, 0.15) is 44.4 Å². The van der Waals surface area contributed by atoms with E-state index in [4.69, 9.17) is 11.6 Å².